The van der Waals surface area contributed by atoms with E-state index in [2.05, 4.69) is 6.92 Å². The molecule has 0 saturated heterocycles. The Hall–Kier alpha value is -0.200. The second-order valence-electron chi connectivity index (χ2n) is 3.05. The summed E-state index contributed by atoms with van der Waals surface area (Å²) in [6.45, 7) is 3.80. The lowest BCUT2D eigenvalue weighted by atomic mass is 10.1. The minimum absolute atomic E-state index is 0.700. The van der Waals surface area contributed by atoms with Gasteiger partial charge in [-0.05, 0) is 30.5 Å². The molecule has 13 heavy (non-hydrogen) atoms. The minimum Gasteiger partial charge on any atom is -0.0843 e. The van der Waals surface area contributed by atoms with Crippen LogP contribution >= 0.6 is 23.2 Å². The van der Waals surface area contributed by atoms with Crippen LogP contribution in [-0.2, 0) is 6.42 Å². The van der Waals surface area contributed by atoms with Gasteiger partial charge in [0.05, 0.1) is 0 Å². The molecule has 0 fully saturated rings. The van der Waals surface area contributed by atoms with Crippen LogP contribution in [0.1, 0.15) is 24.8 Å². The molecular weight excluding hydrogens is 203 g/mol. The monoisotopic (exact) mass is 215 g/mol. The van der Waals surface area contributed by atoms with Gasteiger partial charge in [-0.3, -0.25) is 0 Å². The summed E-state index contributed by atoms with van der Waals surface area (Å²) in [5.74, 6) is 0. The highest BCUT2D eigenvalue weighted by Crippen LogP contribution is 2.22. The Labute approximate surface area is 89.9 Å². The number of unbranched alkanes of at least 4 members (excludes halogenated alkanes) is 2. The van der Waals surface area contributed by atoms with E-state index >= 15 is 0 Å². The van der Waals surface area contributed by atoms with Gasteiger partial charge in [0.15, 0.2) is 0 Å². The molecule has 0 bridgehead atoms. The predicted octanol–water partition coefficient (Wildman–Crippen LogP) is 4.54. The summed E-state index contributed by atoms with van der Waals surface area (Å²) >= 11 is 11.8. The Bertz CT molecular complexity index is 269. The number of aryl methyl sites for hydroxylation is 1. The van der Waals surface area contributed by atoms with Crippen LogP contribution in [0.15, 0.2) is 18.2 Å². The molecule has 1 rings (SSSR count). The Morgan fingerprint density at radius 1 is 1.15 bits per heavy atom. The van der Waals surface area contributed by atoms with Gasteiger partial charge in [-0.25, -0.2) is 0 Å². The second kappa shape index (κ2) is 5.51. The molecule has 1 radical (unpaired) electrons. The van der Waals surface area contributed by atoms with Crippen LogP contribution in [0.2, 0.25) is 10.0 Å². The third-order valence-electron chi connectivity index (χ3n) is 1.96. The van der Waals surface area contributed by atoms with E-state index in [-0.39, 0.29) is 0 Å². The summed E-state index contributed by atoms with van der Waals surface area (Å²) in [7, 11) is 0. The van der Waals surface area contributed by atoms with Gasteiger partial charge in [0.1, 0.15) is 0 Å². The average Bonchev–Trinajstić information content (AvgIpc) is 2.09. The van der Waals surface area contributed by atoms with Crippen LogP contribution in [0.25, 0.3) is 0 Å². The third-order valence-corrected chi connectivity index (χ3v) is 2.55. The number of benzene rings is 1. The van der Waals surface area contributed by atoms with Crippen LogP contribution in [0.3, 0.4) is 0 Å². The van der Waals surface area contributed by atoms with E-state index in [9.17, 15) is 0 Å². The van der Waals surface area contributed by atoms with Crippen molar-refractivity contribution in [2.75, 3.05) is 0 Å². The molecule has 0 spiro atoms. The van der Waals surface area contributed by atoms with E-state index in [1.54, 1.807) is 6.07 Å². The lowest BCUT2D eigenvalue weighted by molar-refractivity contribution is 0.746. The first kappa shape index (κ1) is 10.9. The van der Waals surface area contributed by atoms with Crippen molar-refractivity contribution in [3.8, 4) is 0 Å². The molecule has 0 heterocycles. The number of hydrogen-bond acceptors (Lipinski definition) is 0. The number of halogens is 2. The van der Waals surface area contributed by atoms with E-state index in [0.717, 1.165) is 30.7 Å². The smallest absolute Gasteiger partial charge is 0.0452 e. The largest absolute Gasteiger partial charge is 0.0843 e. The maximum atomic E-state index is 6.01. The maximum Gasteiger partial charge on any atom is 0.0452 e. The van der Waals surface area contributed by atoms with Gasteiger partial charge in [-0.1, -0.05) is 49.0 Å². The highest BCUT2D eigenvalue weighted by Gasteiger charge is 2.00. The normalized spacial score (nSPS) is 10.4. The minimum atomic E-state index is 0.700. The molecule has 0 atom stereocenters. The van der Waals surface area contributed by atoms with Gasteiger partial charge >= 0.3 is 0 Å². The number of hydrogen-bond donors (Lipinski definition) is 0. The summed E-state index contributed by atoms with van der Waals surface area (Å²) < 4.78 is 0. The highest BCUT2D eigenvalue weighted by molar-refractivity contribution is 6.35. The van der Waals surface area contributed by atoms with Crippen molar-refractivity contribution in [2.24, 2.45) is 0 Å². The molecular formula is C11H13Cl2. The van der Waals surface area contributed by atoms with E-state index in [4.69, 9.17) is 23.2 Å². The first-order chi connectivity index (χ1) is 6.24. The topological polar surface area (TPSA) is 0 Å². The van der Waals surface area contributed by atoms with Gasteiger partial charge in [-0.2, -0.15) is 0 Å². The molecule has 0 aromatic heterocycles. The Balaban J connectivity index is 2.56. The fraction of sp³-hybridized carbons (Fsp3) is 0.364. The first-order valence-corrected chi connectivity index (χ1v) is 5.23. The summed E-state index contributed by atoms with van der Waals surface area (Å²) in [6.07, 6.45) is 4.31. The van der Waals surface area contributed by atoms with Crippen molar-refractivity contribution in [1.82, 2.24) is 0 Å². The molecule has 0 N–H and O–H groups in total. The lowest BCUT2D eigenvalue weighted by Crippen LogP contribution is -1.86. The zero-order valence-corrected chi connectivity index (χ0v) is 9.04. The standard InChI is InChI=1S/C11H13Cl2/c1-2-3-4-5-9-6-7-10(12)8-11(9)13/h6-8H,1-5H2. The van der Waals surface area contributed by atoms with Crippen LogP contribution in [0, 0.1) is 6.92 Å². The molecule has 1 aromatic carbocycles. The van der Waals surface area contributed by atoms with Crippen molar-refractivity contribution in [3.05, 3.63) is 40.7 Å². The average molecular weight is 216 g/mol. The molecule has 0 aliphatic rings. The molecule has 0 saturated carbocycles. The van der Waals surface area contributed by atoms with Gasteiger partial charge in [0.25, 0.3) is 0 Å². The highest BCUT2D eigenvalue weighted by atomic mass is 35.5. The number of rotatable bonds is 4. The van der Waals surface area contributed by atoms with Crippen LogP contribution in [-0.4, -0.2) is 0 Å². The van der Waals surface area contributed by atoms with E-state index in [0.29, 0.717) is 5.02 Å². The van der Waals surface area contributed by atoms with Gasteiger partial charge in [-0.15, -0.1) is 0 Å². The Morgan fingerprint density at radius 2 is 1.92 bits per heavy atom. The quantitative estimate of drug-likeness (QED) is 0.648. The van der Waals surface area contributed by atoms with E-state index in [1.807, 2.05) is 12.1 Å². The molecule has 71 valence electrons. The zero-order chi connectivity index (χ0) is 9.68. The maximum absolute atomic E-state index is 6.01. The van der Waals surface area contributed by atoms with Gasteiger partial charge in [0.2, 0.25) is 0 Å². The molecule has 1 aromatic rings. The van der Waals surface area contributed by atoms with Crippen molar-refractivity contribution < 1.29 is 0 Å². The van der Waals surface area contributed by atoms with Crippen molar-refractivity contribution in [3.63, 3.8) is 0 Å². The fourth-order valence-corrected chi connectivity index (χ4v) is 1.72. The first-order valence-electron chi connectivity index (χ1n) is 4.47. The molecule has 0 amide bonds. The Morgan fingerprint density at radius 3 is 2.54 bits per heavy atom. The van der Waals surface area contributed by atoms with Crippen molar-refractivity contribution >= 4 is 23.2 Å². The lowest BCUT2D eigenvalue weighted by Gasteiger charge is -2.03. The third kappa shape index (κ3) is 3.58. The second-order valence-corrected chi connectivity index (χ2v) is 3.89. The van der Waals surface area contributed by atoms with Gasteiger partial charge in [0, 0.05) is 10.0 Å². The molecule has 0 unspecified atom stereocenters. The fourth-order valence-electron chi connectivity index (χ4n) is 1.22. The molecule has 2 heteroatoms. The summed E-state index contributed by atoms with van der Waals surface area (Å²) in [6, 6.07) is 5.67. The summed E-state index contributed by atoms with van der Waals surface area (Å²) in [4.78, 5) is 0. The van der Waals surface area contributed by atoms with Crippen LogP contribution < -0.4 is 0 Å². The van der Waals surface area contributed by atoms with E-state index in [1.165, 1.54) is 5.56 Å². The van der Waals surface area contributed by atoms with Gasteiger partial charge < -0.3 is 0 Å². The molecule has 0 aliphatic carbocycles. The molecule has 0 nitrogen and oxygen atoms in total. The zero-order valence-electron chi connectivity index (χ0n) is 7.52. The summed E-state index contributed by atoms with van der Waals surface area (Å²) in [5.41, 5.74) is 1.18. The van der Waals surface area contributed by atoms with Crippen LogP contribution in [0.5, 0.6) is 0 Å². The SMILES string of the molecule is [CH2]CCCCc1ccc(Cl)cc1Cl. The van der Waals surface area contributed by atoms with Crippen molar-refractivity contribution in [2.45, 2.75) is 25.7 Å². The van der Waals surface area contributed by atoms with Crippen LogP contribution in [0.4, 0.5) is 0 Å². The summed E-state index contributed by atoms with van der Waals surface area (Å²) in [5, 5.41) is 1.47. The molecule has 0 aliphatic heterocycles. The Kier molecular flexibility index (Phi) is 4.61. The van der Waals surface area contributed by atoms with E-state index < -0.39 is 0 Å². The van der Waals surface area contributed by atoms with Crippen molar-refractivity contribution in [1.29, 1.82) is 0 Å². The predicted molar refractivity (Wildman–Crippen MR) is 59.4 cm³/mol.